The molecule has 0 aliphatic heterocycles. The van der Waals surface area contributed by atoms with E-state index in [4.69, 9.17) is 5.11 Å². The average Bonchev–Trinajstić information content (AvgIpc) is 2.36. The van der Waals surface area contributed by atoms with Gasteiger partial charge in [0, 0.05) is 12.6 Å². The molecule has 6 nitrogen and oxygen atoms in total. The average molecular weight is 301 g/mol. The van der Waals surface area contributed by atoms with Crippen LogP contribution in [0.4, 0.5) is 4.79 Å². The second-order valence-electron chi connectivity index (χ2n) is 6.20. The smallest absolute Gasteiger partial charge is 0.326 e. The van der Waals surface area contributed by atoms with Crippen LogP contribution in [0.2, 0.25) is 0 Å². The fourth-order valence-corrected chi connectivity index (χ4v) is 1.85. The van der Waals surface area contributed by atoms with Gasteiger partial charge in [-0.2, -0.15) is 0 Å². The van der Waals surface area contributed by atoms with Gasteiger partial charge < -0.3 is 20.6 Å². The first kappa shape index (κ1) is 19.7. The number of hydrogen-bond acceptors (Lipinski definition) is 3. The molecule has 0 saturated heterocycles. The number of carbonyl (C=O) groups excluding carboxylic acids is 1. The van der Waals surface area contributed by atoms with Gasteiger partial charge in [0.1, 0.15) is 6.04 Å². The van der Waals surface area contributed by atoms with Gasteiger partial charge in [0.05, 0.1) is 0 Å². The first-order chi connectivity index (χ1) is 9.73. The normalized spacial score (nSPS) is 12.8. The van der Waals surface area contributed by atoms with Gasteiger partial charge in [-0.05, 0) is 52.6 Å². The maximum Gasteiger partial charge on any atom is 0.326 e. The second-order valence-corrected chi connectivity index (χ2v) is 6.20. The second kappa shape index (κ2) is 10.4. The molecule has 0 radical (unpaired) electrons. The standard InChI is InChI=1S/C15H31N3O3/c1-11(2)10-13(14(19)20)17-15(21)16-8-6-7-9-18(5)12(3)4/h11-13H,6-10H2,1-5H3,(H,19,20)(H2,16,17,21)/t13-/m1/s1. The number of urea groups is 1. The summed E-state index contributed by atoms with van der Waals surface area (Å²) in [6.07, 6.45) is 2.32. The number of aliphatic carboxylic acids is 1. The third kappa shape index (κ3) is 10.1. The fraction of sp³-hybridized carbons (Fsp3) is 0.867. The van der Waals surface area contributed by atoms with E-state index in [0.29, 0.717) is 19.0 Å². The van der Waals surface area contributed by atoms with E-state index in [1.165, 1.54) is 0 Å². The molecule has 0 rings (SSSR count). The molecule has 124 valence electrons. The molecule has 0 heterocycles. The van der Waals surface area contributed by atoms with Crippen LogP contribution in [0.1, 0.15) is 47.0 Å². The van der Waals surface area contributed by atoms with E-state index in [1.54, 1.807) is 0 Å². The molecule has 3 N–H and O–H groups in total. The van der Waals surface area contributed by atoms with Crippen molar-refractivity contribution in [2.24, 2.45) is 5.92 Å². The molecule has 0 bridgehead atoms. The minimum Gasteiger partial charge on any atom is -0.480 e. The van der Waals surface area contributed by atoms with Crippen molar-refractivity contribution in [1.29, 1.82) is 0 Å². The van der Waals surface area contributed by atoms with E-state index in [0.717, 1.165) is 19.4 Å². The highest BCUT2D eigenvalue weighted by atomic mass is 16.4. The number of unbranched alkanes of at least 4 members (excludes halogenated alkanes) is 1. The summed E-state index contributed by atoms with van der Waals surface area (Å²) < 4.78 is 0. The Morgan fingerprint density at radius 3 is 2.24 bits per heavy atom. The van der Waals surface area contributed by atoms with E-state index in [-0.39, 0.29) is 5.92 Å². The van der Waals surface area contributed by atoms with E-state index in [1.807, 2.05) is 13.8 Å². The third-order valence-electron chi connectivity index (χ3n) is 3.42. The molecule has 0 aromatic heterocycles. The maximum atomic E-state index is 11.6. The van der Waals surface area contributed by atoms with Gasteiger partial charge >= 0.3 is 12.0 Å². The molecule has 0 aliphatic carbocycles. The number of hydrogen-bond donors (Lipinski definition) is 3. The van der Waals surface area contributed by atoms with Crippen molar-refractivity contribution in [2.75, 3.05) is 20.1 Å². The highest BCUT2D eigenvalue weighted by Gasteiger charge is 2.20. The van der Waals surface area contributed by atoms with Crippen molar-refractivity contribution >= 4 is 12.0 Å². The Morgan fingerprint density at radius 2 is 1.76 bits per heavy atom. The molecule has 0 unspecified atom stereocenters. The quantitative estimate of drug-likeness (QED) is 0.538. The molecule has 0 fully saturated rings. The van der Waals surface area contributed by atoms with E-state index in [2.05, 4.69) is 36.4 Å². The minimum atomic E-state index is -0.989. The van der Waals surface area contributed by atoms with Gasteiger partial charge in [-0.3, -0.25) is 0 Å². The van der Waals surface area contributed by atoms with Crippen molar-refractivity contribution in [3.8, 4) is 0 Å². The van der Waals surface area contributed by atoms with Gasteiger partial charge in [-0.15, -0.1) is 0 Å². The predicted molar refractivity (Wildman–Crippen MR) is 84.4 cm³/mol. The van der Waals surface area contributed by atoms with E-state index >= 15 is 0 Å². The molecular formula is C15H31N3O3. The van der Waals surface area contributed by atoms with Gasteiger partial charge in [0.15, 0.2) is 0 Å². The zero-order valence-corrected chi connectivity index (χ0v) is 14.0. The number of amides is 2. The van der Waals surface area contributed by atoms with Gasteiger partial charge in [0.25, 0.3) is 0 Å². The van der Waals surface area contributed by atoms with Crippen LogP contribution in [0.15, 0.2) is 0 Å². The Bertz CT molecular complexity index is 319. The van der Waals surface area contributed by atoms with Crippen LogP contribution < -0.4 is 10.6 Å². The van der Waals surface area contributed by atoms with E-state index in [9.17, 15) is 9.59 Å². The third-order valence-corrected chi connectivity index (χ3v) is 3.42. The van der Waals surface area contributed by atoms with Crippen molar-refractivity contribution in [3.05, 3.63) is 0 Å². The van der Waals surface area contributed by atoms with Crippen LogP contribution in [0.25, 0.3) is 0 Å². The lowest BCUT2D eigenvalue weighted by Gasteiger charge is -2.20. The summed E-state index contributed by atoms with van der Waals surface area (Å²) in [7, 11) is 2.08. The fourth-order valence-electron chi connectivity index (χ4n) is 1.85. The number of rotatable bonds is 10. The summed E-state index contributed by atoms with van der Waals surface area (Å²) in [5.41, 5.74) is 0. The SMILES string of the molecule is CC(C)C[C@@H](NC(=O)NCCCCN(C)C(C)C)C(=O)O. The lowest BCUT2D eigenvalue weighted by Crippen LogP contribution is -2.46. The molecule has 0 aromatic carbocycles. The number of carboxylic acid groups (broad SMARTS) is 1. The largest absolute Gasteiger partial charge is 0.480 e. The predicted octanol–water partition coefficient (Wildman–Crippen LogP) is 1.91. The van der Waals surface area contributed by atoms with Gasteiger partial charge in [-0.1, -0.05) is 13.8 Å². The van der Waals surface area contributed by atoms with Gasteiger partial charge in [0.2, 0.25) is 0 Å². The van der Waals surface area contributed by atoms with Crippen molar-refractivity contribution in [2.45, 2.75) is 59.0 Å². The topological polar surface area (TPSA) is 81.7 Å². The molecule has 2 amide bonds. The number of carboxylic acids is 1. The molecule has 0 aromatic rings. The lowest BCUT2D eigenvalue weighted by atomic mass is 10.0. The summed E-state index contributed by atoms with van der Waals surface area (Å²) >= 11 is 0. The molecular weight excluding hydrogens is 270 g/mol. The van der Waals surface area contributed by atoms with Crippen LogP contribution in [-0.4, -0.2) is 54.2 Å². The van der Waals surface area contributed by atoms with Crippen LogP contribution >= 0.6 is 0 Å². The van der Waals surface area contributed by atoms with Crippen molar-refractivity contribution in [3.63, 3.8) is 0 Å². The lowest BCUT2D eigenvalue weighted by molar-refractivity contribution is -0.139. The van der Waals surface area contributed by atoms with Crippen molar-refractivity contribution < 1.29 is 14.7 Å². The summed E-state index contributed by atoms with van der Waals surface area (Å²) in [4.78, 5) is 24.9. The molecule has 6 heteroatoms. The number of nitrogens with zero attached hydrogens (tertiary/aromatic N) is 1. The first-order valence-electron chi connectivity index (χ1n) is 7.71. The van der Waals surface area contributed by atoms with Crippen LogP contribution in [0.3, 0.4) is 0 Å². The summed E-state index contributed by atoms with van der Waals surface area (Å²) in [6.45, 7) is 9.71. The molecule has 0 aliphatic rings. The zero-order valence-electron chi connectivity index (χ0n) is 14.0. The molecule has 0 spiro atoms. The Morgan fingerprint density at radius 1 is 1.14 bits per heavy atom. The van der Waals surface area contributed by atoms with E-state index < -0.39 is 18.0 Å². The summed E-state index contributed by atoms with van der Waals surface area (Å²) in [5.74, 6) is -0.768. The van der Waals surface area contributed by atoms with Crippen molar-refractivity contribution in [1.82, 2.24) is 15.5 Å². The van der Waals surface area contributed by atoms with Crippen LogP contribution in [-0.2, 0) is 4.79 Å². The van der Waals surface area contributed by atoms with Crippen LogP contribution in [0.5, 0.6) is 0 Å². The van der Waals surface area contributed by atoms with Crippen LogP contribution in [0, 0.1) is 5.92 Å². The number of carbonyl (C=O) groups is 2. The first-order valence-corrected chi connectivity index (χ1v) is 7.71. The Labute approximate surface area is 128 Å². The molecule has 1 atom stereocenters. The van der Waals surface area contributed by atoms with Gasteiger partial charge in [-0.25, -0.2) is 9.59 Å². The Balaban J connectivity index is 3.85. The molecule has 21 heavy (non-hydrogen) atoms. The summed E-state index contributed by atoms with van der Waals surface area (Å²) in [5, 5.41) is 14.3. The highest BCUT2D eigenvalue weighted by Crippen LogP contribution is 2.04. The highest BCUT2D eigenvalue weighted by molar-refractivity contribution is 5.82. The Hall–Kier alpha value is -1.30. The monoisotopic (exact) mass is 301 g/mol. The summed E-state index contributed by atoms with van der Waals surface area (Å²) in [6, 6.07) is -0.703. The zero-order chi connectivity index (χ0) is 16.4. The maximum absolute atomic E-state index is 11.6. The number of nitrogens with one attached hydrogen (secondary N) is 2. The Kier molecular flexibility index (Phi) is 9.78. The minimum absolute atomic E-state index is 0.220. The molecule has 0 saturated carbocycles.